The average Bonchev–Trinajstić information content (AvgIpc) is 2.23. The molecule has 1 aromatic carbocycles. The molecule has 1 aromatic rings. The number of rotatable bonds is 4. The highest BCUT2D eigenvalue weighted by atomic mass is 35.5. The van der Waals surface area contributed by atoms with Crippen LogP contribution >= 0.6 is 23.2 Å². The molecule has 0 radical (unpaired) electrons. The van der Waals surface area contributed by atoms with Crippen molar-refractivity contribution in [1.29, 1.82) is 0 Å². The van der Waals surface area contributed by atoms with Crippen molar-refractivity contribution < 1.29 is 4.79 Å². The second-order valence-corrected chi connectivity index (χ2v) is 4.56. The van der Waals surface area contributed by atoms with Crippen LogP contribution in [0.2, 0.25) is 10.0 Å². The molecule has 0 aliphatic heterocycles. The van der Waals surface area contributed by atoms with Crippen LogP contribution in [-0.4, -0.2) is 12.5 Å². The fraction of sp³-hybridized carbons (Fsp3) is 0.364. The Kier molecular flexibility index (Phi) is 5.06. The third-order valence-corrected chi connectivity index (χ3v) is 2.70. The Morgan fingerprint density at radius 3 is 2.81 bits per heavy atom. The van der Waals surface area contributed by atoms with E-state index in [4.69, 9.17) is 28.9 Å². The molecule has 1 amide bonds. The number of anilines is 1. The van der Waals surface area contributed by atoms with Crippen LogP contribution in [0.3, 0.4) is 0 Å². The molecule has 0 saturated carbocycles. The predicted molar refractivity (Wildman–Crippen MR) is 67.9 cm³/mol. The van der Waals surface area contributed by atoms with Gasteiger partial charge >= 0.3 is 0 Å². The zero-order chi connectivity index (χ0) is 12.1. The van der Waals surface area contributed by atoms with E-state index in [1.54, 1.807) is 18.2 Å². The van der Waals surface area contributed by atoms with Crippen LogP contribution in [0.4, 0.5) is 5.69 Å². The van der Waals surface area contributed by atoms with Crippen molar-refractivity contribution in [2.45, 2.75) is 13.3 Å². The summed E-state index contributed by atoms with van der Waals surface area (Å²) in [5, 5.41) is 3.71. The molecule has 0 aliphatic rings. The Bertz CT molecular complexity index is 382. The SMILES string of the molecule is CC(CN)CC(=O)Nc1cc(Cl)ccc1Cl. The first kappa shape index (κ1) is 13.3. The van der Waals surface area contributed by atoms with Crippen molar-refractivity contribution in [1.82, 2.24) is 0 Å². The molecule has 0 heterocycles. The van der Waals surface area contributed by atoms with Crippen molar-refractivity contribution in [2.75, 3.05) is 11.9 Å². The van der Waals surface area contributed by atoms with E-state index >= 15 is 0 Å². The highest BCUT2D eigenvalue weighted by Gasteiger charge is 2.09. The molecule has 3 nitrogen and oxygen atoms in total. The van der Waals surface area contributed by atoms with Gasteiger partial charge in [0, 0.05) is 11.4 Å². The van der Waals surface area contributed by atoms with Crippen molar-refractivity contribution in [3.8, 4) is 0 Å². The zero-order valence-corrected chi connectivity index (χ0v) is 10.5. The number of carbonyl (C=O) groups excluding carboxylic acids is 1. The Morgan fingerprint density at radius 1 is 1.50 bits per heavy atom. The largest absolute Gasteiger partial charge is 0.330 e. The number of nitrogens with two attached hydrogens (primary N) is 1. The van der Waals surface area contributed by atoms with E-state index in [1.165, 1.54) is 0 Å². The Hall–Kier alpha value is -0.770. The van der Waals surface area contributed by atoms with Gasteiger partial charge in [-0.3, -0.25) is 4.79 Å². The van der Waals surface area contributed by atoms with Gasteiger partial charge in [0.25, 0.3) is 0 Å². The number of amides is 1. The molecule has 0 fully saturated rings. The molecule has 1 rings (SSSR count). The molecule has 0 aromatic heterocycles. The Morgan fingerprint density at radius 2 is 2.19 bits per heavy atom. The molecule has 0 spiro atoms. The molecule has 88 valence electrons. The van der Waals surface area contributed by atoms with E-state index in [0.29, 0.717) is 28.7 Å². The lowest BCUT2D eigenvalue weighted by atomic mass is 10.1. The third kappa shape index (κ3) is 4.00. The van der Waals surface area contributed by atoms with Gasteiger partial charge in [-0.05, 0) is 30.7 Å². The summed E-state index contributed by atoms with van der Waals surface area (Å²) in [6, 6.07) is 4.93. The summed E-state index contributed by atoms with van der Waals surface area (Å²) in [6.07, 6.45) is 0.374. The summed E-state index contributed by atoms with van der Waals surface area (Å²) in [7, 11) is 0. The van der Waals surface area contributed by atoms with Crippen LogP contribution in [0.1, 0.15) is 13.3 Å². The lowest BCUT2D eigenvalue weighted by Gasteiger charge is -2.10. The minimum atomic E-state index is -0.109. The fourth-order valence-electron chi connectivity index (χ4n) is 1.19. The van der Waals surface area contributed by atoms with Gasteiger partial charge in [0.1, 0.15) is 0 Å². The van der Waals surface area contributed by atoms with E-state index in [-0.39, 0.29) is 11.8 Å². The van der Waals surface area contributed by atoms with E-state index < -0.39 is 0 Å². The molecule has 16 heavy (non-hydrogen) atoms. The van der Waals surface area contributed by atoms with E-state index in [9.17, 15) is 4.79 Å². The molecular formula is C11H14Cl2N2O. The van der Waals surface area contributed by atoms with Crippen LogP contribution in [-0.2, 0) is 4.79 Å². The summed E-state index contributed by atoms with van der Waals surface area (Å²) in [6.45, 7) is 2.40. The summed E-state index contributed by atoms with van der Waals surface area (Å²) >= 11 is 11.7. The molecule has 1 atom stereocenters. The van der Waals surface area contributed by atoms with Crippen molar-refractivity contribution in [2.24, 2.45) is 11.7 Å². The molecule has 0 bridgehead atoms. The maximum absolute atomic E-state index is 11.6. The molecular weight excluding hydrogens is 247 g/mol. The van der Waals surface area contributed by atoms with Gasteiger partial charge in [0.2, 0.25) is 5.91 Å². The number of carbonyl (C=O) groups is 1. The van der Waals surface area contributed by atoms with E-state index in [1.807, 2.05) is 6.92 Å². The first-order valence-corrected chi connectivity index (χ1v) is 5.73. The maximum Gasteiger partial charge on any atom is 0.224 e. The first-order valence-electron chi connectivity index (χ1n) is 4.98. The lowest BCUT2D eigenvalue weighted by molar-refractivity contribution is -0.116. The molecule has 5 heteroatoms. The number of hydrogen-bond donors (Lipinski definition) is 2. The van der Waals surface area contributed by atoms with Crippen LogP contribution in [0.15, 0.2) is 18.2 Å². The molecule has 1 unspecified atom stereocenters. The zero-order valence-electron chi connectivity index (χ0n) is 8.97. The smallest absolute Gasteiger partial charge is 0.224 e. The molecule has 0 saturated heterocycles. The average molecular weight is 261 g/mol. The highest BCUT2D eigenvalue weighted by Crippen LogP contribution is 2.25. The number of halogens is 2. The number of benzene rings is 1. The fourth-order valence-corrected chi connectivity index (χ4v) is 1.53. The number of hydrogen-bond acceptors (Lipinski definition) is 2. The Labute approximate surface area is 105 Å². The van der Waals surface area contributed by atoms with Crippen LogP contribution in [0.25, 0.3) is 0 Å². The maximum atomic E-state index is 11.6. The van der Waals surface area contributed by atoms with Gasteiger partial charge in [0.05, 0.1) is 10.7 Å². The van der Waals surface area contributed by atoms with Crippen LogP contribution < -0.4 is 11.1 Å². The summed E-state index contributed by atoms with van der Waals surface area (Å²) in [5.74, 6) is 0.0417. The second-order valence-electron chi connectivity index (χ2n) is 3.72. The summed E-state index contributed by atoms with van der Waals surface area (Å²) < 4.78 is 0. The van der Waals surface area contributed by atoms with Crippen molar-refractivity contribution >= 4 is 34.8 Å². The number of nitrogens with one attached hydrogen (secondary N) is 1. The van der Waals surface area contributed by atoms with Gasteiger partial charge < -0.3 is 11.1 Å². The quantitative estimate of drug-likeness (QED) is 0.875. The molecule has 3 N–H and O–H groups in total. The minimum absolute atomic E-state index is 0.109. The monoisotopic (exact) mass is 260 g/mol. The highest BCUT2D eigenvalue weighted by molar-refractivity contribution is 6.35. The normalized spacial score (nSPS) is 12.2. The van der Waals surface area contributed by atoms with Crippen LogP contribution in [0, 0.1) is 5.92 Å². The summed E-state index contributed by atoms with van der Waals surface area (Å²) in [5.41, 5.74) is 5.97. The van der Waals surface area contributed by atoms with Gasteiger partial charge in [0.15, 0.2) is 0 Å². The van der Waals surface area contributed by atoms with Crippen LogP contribution in [0.5, 0.6) is 0 Å². The summed E-state index contributed by atoms with van der Waals surface area (Å²) in [4.78, 5) is 11.6. The van der Waals surface area contributed by atoms with Crippen molar-refractivity contribution in [3.63, 3.8) is 0 Å². The molecule has 0 aliphatic carbocycles. The van der Waals surface area contributed by atoms with Gasteiger partial charge in [-0.25, -0.2) is 0 Å². The standard InChI is InChI=1S/C11H14Cl2N2O/c1-7(6-14)4-11(16)15-10-5-8(12)2-3-9(10)13/h2-3,5,7H,4,6,14H2,1H3,(H,15,16). The minimum Gasteiger partial charge on any atom is -0.330 e. The first-order chi connectivity index (χ1) is 7.52. The van der Waals surface area contributed by atoms with Crippen molar-refractivity contribution in [3.05, 3.63) is 28.2 Å². The second kappa shape index (κ2) is 6.09. The van der Waals surface area contributed by atoms with Gasteiger partial charge in [-0.2, -0.15) is 0 Å². The Balaban J connectivity index is 2.65. The lowest BCUT2D eigenvalue weighted by Crippen LogP contribution is -2.20. The van der Waals surface area contributed by atoms with E-state index in [0.717, 1.165) is 0 Å². The van der Waals surface area contributed by atoms with Gasteiger partial charge in [-0.15, -0.1) is 0 Å². The predicted octanol–water partition coefficient (Wildman–Crippen LogP) is 2.92. The third-order valence-electron chi connectivity index (χ3n) is 2.14. The van der Waals surface area contributed by atoms with E-state index in [2.05, 4.69) is 5.32 Å². The van der Waals surface area contributed by atoms with Gasteiger partial charge in [-0.1, -0.05) is 30.1 Å². The topological polar surface area (TPSA) is 55.1 Å².